The van der Waals surface area contributed by atoms with Gasteiger partial charge in [-0.05, 0) is 5.75 Å². The fourth-order valence-electron chi connectivity index (χ4n) is 0.950. The third kappa shape index (κ3) is 4.99. The van der Waals surface area contributed by atoms with Gasteiger partial charge in [-0.25, -0.2) is 4.57 Å². The highest BCUT2D eigenvalue weighted by atomic mass is 32.1. The molecule has 0 bridgehead atoms. The van der Waals surface area contributed by atoms with E-state index in [4.69, 9.17) is 5.11 Å². The maximum atomic E-state index is 10.3. The Bertz CT molecular complexity index is 249. The van der Waals surface area contributed by atoms with E-state index in [1.54, 1.807) is 0 Å². The van der Waals surface area contributed by atoms with Crippen LogP contribution in [0.25, 0.3) is 0 Å². The van der Waals surface area contributed by atoms with E-state index in [1.165, 1.54) is 0 Å². The predicted molar refractivity (Wildman–Crippen MR) is 58.6 cm³/mol. The molecular formula is C10H16NO2S+. The molecule has 0 aliphatic carbocycles. The zero-order chi connectivity index (χ0) is 10.8. The Morgan fingerprint density at radius 2 is 2.00 bits per heavy atom. The largest absolute Gasteiger partial charge is 0.400 e. The Morgan fingerprint density at radius 1 is 1.43 bits per heavy atom. The minimum Gasteiger partial charge on any atom is -0.400 e. The lowest BCUT2D eigenvalue weighted by atomic mass is 10.3. The average Bonchev–Trinajstić information content (AvgIpc) is 2.30. The number of carbonyl (C=O) groups excluding carboxylic acids is 1. The van der Waals surface area contributed by atoms with E-state index in [1.807, 2.05) is 29.1 Å². The van der Waals surface area contributed by atoms with Gasteiger partial charge in [0.05, 0.1) is 0 Å². The van der Waals surface area contributed by atoms with Crippen LogP contribution >= 0.6 is 12.6 Å². The van der Waals surface area contributed by atoms with Gasteiger partial charge in [0.1, 0.15) is 6.54 Å². The lowest BCUT2D eigenvalue weighted by molar-refractivity contribution is -0.696. The fraction of sp³-hybridized carbons (Fsp3) is 0.400. The summed E-state index contributed by atoms with van der Waals surface area (Å²) in [6.45, 7) is 0.961. The van der Waals surface area contributed by atoms with Crippen LogP contribution in [0.5, 0.6) is 0 Å². The summed E-state index contributed by atoms with van der Waals surface area (Å²) >= 11 is 4.12. The molecule has 0 atom stereocenters. The van der Waals surface area contributed by atoms with Crippen LogP contribution in [0.2, 0.25) is 0 Å². The maximum Gasteiger partial charge on any atom is 0.169 e. The molecule has 0 saturated heterocycles. The van der Waals surface area contributed by atoms with Crippen LogP contribution in [0, 0.1) is 0 Å². The summed E-state index contributed by atoms with van der Waals surface area (Å²) in [4.78, 5) is 10.3. The lowest BCUT2D eigenvalue weighted by Crippen LogP contribution is -2.32. The number of hydrogen-bond donors (Lipinski definition) is 2. The van der Waals surface area contributed by atoms with Crippen LogP contribution in [0.3, 0.4) is 0 Å². The van der Waals surface area contributed by atoms with Gasteiger partial charge in [-0.1, -0.05) is 0 Å². The van der Waals surface area contributed by atoms with E-state index >= 15 is 0 Å². The number of nitrogens with zero attached hydrogens (tertiary/aromatic N) is 1. The predicted octanol–water partition coefficient (Wildman–Crippen LogP) is 0.715. The van der Waals surface area contributed by atoms with Gasteiger partial charge in [-0.2, -0.15) is 12.6 Å². The monoisotopic (exact) mass is 214 g/mol. The zero-order valence-electron chi connectivity index (χ0n) is 8.26. The molecule has 0 unspecified atom stereocenters. The minimum atomic E-state index is 0.720. The summed E-state index contributed by atoms with van der Waals surface area (Å²) < 4.78 is 2.04. The second-order valence-corrected chi connectivity index (χ2v) is 3.01. The Morgan fingerprint density at radius 3 is 2.43 bits per heavy atom. The van der Waals surface area contributed by atoms with Crippen molar-refractivity contribution in [3.8, 4) is 0 Å². The number of aromatic nitrogens is 1. The molecule has 0 saturated carbocycles. The minimum absolute atomic E-state index is 0.720. The molecular weight excluding hydrogens is 198 g/mol. The molecule has 4 heteroatoms. The second kappa shape index (κ2) is 8.72. The van der Waals surface area contributed by atoms with Crippen molar-refractivity contribution in [1.29, 1.82) is 0 Å². The number of aliphatic hydroxyl groups is 1. The molecule has 0 radical (unpaired) electrons. The van der Waals surface area contributed by atoms with Crippen LogP contribution < -0.4 is 4.57 Å². The molecule has 0 aromatic carbocycles. The van der Waals surface area contributed by atoms with Gasteiger partial charge >= 0.3 is 0 Å². The van der Waals surface area contributed by atoms with Gasteiger partial charge in [0, 0.05) is 31.2 Å². The van der Waals surface area contributed by atoms with Crippen molar-refractivity contribution in [3.63, 3.8) is 0 Å². The topological polar surface area (TPSA) is 41.2 Å². The second-order valence-electron chi connectivity index (χ2n) is 2.56. The molecule has 1 aromatic rings. The number of aryl methyl sites for hydroxylation is 1. The number of pyridine rings is 1. The first kappa shape index (κ1) is 13.1. The van der Waals surface area contributed by atoms with E-state index in [0.29, 0.717) is 0 Å². The van der Waals surface area contributed by atoms with Crippen molar-refractivity contribution in [2.45, 2.75) is 13.0 Å². The molecule has 3 nitrogen and oxygen atoms in total. The smallest absolute Gasteiger partial charge is 0.169 e. The van der Waals surface area contributed by atoms with Crippen LogP contribution in [0.1, 0.15) is 16.8 Å². The summed E-state index contributed by atoms with van der Waals surface area (Å²) in [5.74, 6) is 0.891. The molecule has 0 spiro atoms. The van der Waals surface area contributed by atoms with Crippen molar-refractivity contribution in [1.82, 2.24) is 0 Å². The summed E-state index contributed by atoms with van der Waals surface area (Å²) in [5, 5.41) is 7.00. The highest BCUT2D eigenvalue weighted by Crippen LogP contribution is 1.90. The standard InChI is InChI=1S/C9H11NOS.CH4O/c11-8-9-2-5-10(6-3-9)4-1-7-12;1-2/h2-3,5-6,8H,1,4,7H2;2H,1H3/p+1. The number of carbonyl (C=O) groups is 1. The van der Waals surface area contributed by atoms with Crippen molar-refractivity contribution in [2.24, 2.45) is 0 Å². The molecule has 78 valence electrons. The number of thiol groups is 1. The Kier molecular flexibility index (Phi) is 8.17. The molecule has 1 rings (SSSR count). The number of aldehydes is 1. The van der Waals surface area contributed by atoms with Gasteiger partial charge in [0.2, 0.25) is 0 Å². The molecule has 1 N–H and O–H groups in total. The number of aliphatic hydroxyl groups excluding tert-OH is 1. The normalized spacial score (nSPS) is 8.79. The molecule has 0 aliphatic rings. The van der Waals surface area contributed by atoms with E-state index in [0.717, 1.165) is 37.7 Å². The molecule has 1 heterocycles. The van der Waals surface area contributed by atoms with E-state index in [-0.39, 0.29) is 0 Å². The first-order valence-corrected chi connectivity index (χ1v) is 5.00. The number of rotatable bonds is 4. The Hall–Kier alpha value is -0.870. The summed E-state index contributed by atoms with van der Waals surface area (Å²) in [6, 6.07) is 3.62. The lowest BCUT2D eigenvalue weighted by Gasteiger charge is -1.93. The van der Waals surface area contributed by atoms with Gasteiger partial charge in [-0.3, -0.25) is 4.79 Å². The summed E-state index contributed by atoms with van der Waals surface area (Å²) in [7, 11) is 1.00. The third-order valence-corrected chi connectivity index (χ3v) is 1.94. The molecule has 1 aromatic heterocycles. The van der Waals surface area contributed by atoms with E-state index in [2.05, 4.69) is 12.6 Å². The van der Waals surface area contributed by atoms with Crippen molar-refractivity contribution in [2.75, 3.05) is 12.9 Å². The maximum absolute atomic E-state index is 10.3. The zero-order valence-corrected chi connectivity index (χ0v) is 9.15. The van der Waals surface area contributed by atoms with Crippen LogP contribution in [0.4, 0.5) is 0 Å². The third-order valence-electron chi connectivity index (χ3n) is 1.63. The van der Waals surface area contributed by atoms with Gasteiger partial charge in [0.25, 0.3) is 0 Å². The summed E-state index contributed by atoms with van der Waals surface area (Å²) in [5.41, 5.74) is 0.720. The molecule has 0 aliphatic heterocycles. The highest BCUT2D eigenvalue weighted by Gasteiger charge is 1.98. The van der Waals surface area contributed by atoms with Gasteiger partial charge in [-0.15, -0.1) is 0 Å². The van der Waals surface area contributed by atoms with Crippen molar-refractivity contribution in [3.05, 3.63) is 30.1 Å². The summed E-state index contributed by atoms with van der Waals surface area (Å²) in [6.07, 6.45) is 5.72. The SMILES string of the molecule is CO.O=Cc1cc[n+](CCCS)cc1. The molecule has 14 heavy (non-hydrogen) atoms. The first-order chi connectivity index (χ1) is 6.86. The van der Waals surface area contributed by atoms with E-state index < -0.39 is 0 Å². The van der Waals surface area contributed by atoms with Gasteiger partial charge < -0.3 is 5.11 Å². The molecule has 0 amide bonds. The fourth-order valence-corrected chi connectivity index (χ4v) is 1.09. The van der Waals surface area contributed by atoms with Crippen LogP contribution in [0.15, 0.2) is 24.5 Å². The highest BCUT2D eigenvalue weighted by molar-refractivity contribution is 7.80. The van der Waals surface area contributed by atoms with Crippen LogP contribution in [-0.4, -0.2) is 24.3 Å². The number of hydrogen-bond acceptors (Lipinski definition) is 3. The van der Waals surface area contributed by atoms with Crippen LogP contribution in [-0.2, 0) is 6.54 Å². The van der Waals surface area contributed by atoms with Crippen molar-refractivity contribution < 1.29 is 14.5 Å². The van der Waals surface area contributed by atoms with Crippen molar-refractivity contribution >= 4 is 18.9 Å². The van der Waals surface area contributed by atoms with Gasteiger partial charge in [0.15, 0.2) is 18.7 Å². The van der Waals surface area contributed by atoms with E-state index in [9.17, 15) is 4.79 Å². The quantitative estimate of drug-likeness (QED) is 0.440. The average molecular weight is 214 g/mol. The first-order valence-electron chi connectivity index (χ1n) is 4.36. The molecule has 0 fully saturated rings. The Labute approximate surface area is 89.8 Å². The Balaban J connectivity index is 0.000000791.